The molecule has 0 saturated heterocycles. The zero-order valence-corrected chi connectivity index (χ0v) is 9.84. The van der Waals surface area contributed by atoms with E-state index in [4.69, 9.17) is 0 Å². The van der Waals surface area contributed by atoms with Gasteiger partial charge in [0.05, 0.1) is 6.20 Å². The Morgan fingerprint density at radius 1 is 1.41 bits per heavy atom. The van der Waals surface area contributed by atoms with Crippen molar-refractivity contribution < 1.29 is 4.79 Å². The summed E-state index contributed by atoms with van der Waals surface area (Å²) < 4.78 is 1.85. The van der Waals surface area contributed by atoms with Gasteiger partial charge in [-0.25, -0.2) is 4.98 Å². The molecular weight excluding hydrogens is 216 g/mol. The van der Waals surface area contributed by atoms with Gasteiger partial charge in [0, 0.05) is 31.4 Å². The van der Waals surface area contributed by atoms with Crippen molar-refractivity contribution in [2.45, 2.75) is 13.3 Å². The van der Waals surface area contributed by atoms with E-state index in [1.54, 1.807) is 18.6 Å². The quantitative estimate of drug-likeness (QED) is 0.875. The van der Waals surface area contributed by atoms with Crippen molar-refractivity contribution in [2.24, 2.45) is 7.05 Å². The molecule has 2 aromatic heterocycles. The normalized spacial score (nSPS) is 10.2. The molecule has 0 fully saturated rings. The van der Waals surface area contributed by atoms with Crippen LogP contribution in [0.3, 0.4) is 0 Å². The van der Waals surface area contributed by atoms with Crippen molar-refractivity contribution in [1.82, 2.24) is 14.5 Å². The number of nitrogens with one attached hydrogen (secondary N) is 1. The number of imidazole rings is 1. The second-order valence-electron chi connectivity index (χ2n) is 3.66. The van der Waals surface area contributed by atoms with Crippen LogP contribution in [-0.2, 0) is 11.8 Å². The van der Waals surface area contributed by atoms with Crippen molar-refractivity contribution >= 4 is 11.7 Å². The summed E-state index contributed by atoms with van der Waals surface area (Å²) in [5.74, 6) is 1.48. The minimum atomic E-state index is -0.0192. The van der Waals surface area contributed by atoms with Gasteiger partial charge in [-0.05, 0) is 12.1 Å². The maximum absolute atomic E-state index is 11.3. The number of anilines is 1. The van der Waals surface area contributed by atoms with Crippen molar-refractivity contribution in [1.29, 1.82) is 0 Å². The number of hydrogen-bond donors (Lipinski definition) is 1. The predicted octanol–water partition coefficient (Wildman–Crippen LogP) is 1.83. The van der Waals surface area contributed by atoms with E-state index in [-0.39, 0.29) is 5.91 Å². The Labute approximate surface area is 99.5 Å². The Hall–Kier alpha value is -2.17. The number of amides is 1. The average Bonchev–Trinajstić information content (AvgIpc) is 2.72. The lowest BCUT2D eigenvalue weighted by atomic mass is 10.2. The highest BCUT2D eigenvalue weighted by molar-refractivity contribution is 5.89. The predicted molar refractivity (Wildman–Crippen MR) is 65.4 cm³/mol. The van der Waals surface area contributed by atoms with E-state index in [9.17, 15) is 4.79 Å². The average molecular weight is 230 g/mol. The van der Waals surface area contributed by atoms with E-state index < -0.39 is 0 Å². The van der Waals surface area contributed by atoms with E-state index in [1.807, 2.05) is 30.7 Å². The van der Waals surface area contributed by atoms with Crippen molar-refractivity contribution in [2.75, 3.05) is 5.32 Å². The number of pyridine rings is 1. The highest BCUT2D eigenvalue weighted by Gasteiger charge is 2.09. The van der Waals surface area contributed by atoms with Gasteiger partial charge in [0.25, 0.3) is 0 Å². The van der Waals surface area contributed by atoms with Crippen LogP contribution in [0, 0.1) is 0 Å². The molecule has 0 aliphatic rings. The summed E-state index contributed by atoms with van der Waals surface area (Å²) in [6.07, 6.45) is 5.54. The largest absolute Gasteiger partial charge is 0.314 e. The lowest BCUT2D eigenvalue weighted by Gasteiger charge is -2.06. The van der Waals surface area contributed by atoms with Gasteiger partial charge in [-0.1, -0.05) is 6.92 Å². The molecule has 1 N–H and O–H groups in total. The maximum atomic E-state index is 11.3. The first-order valence-corrected chi connectivity index (χ1v) is 5.44. The molecule has 0 saturated carbocycles. The summed E-state index contributed by atoms with van der Waals surface area (Å²) in [4.78, 5) is 19.6. The number of carbonyl (C=O) groups is 1. The molecule has 5 heteroatoms. The van der Waals surface area contributed by atoms with E-state index in [2.05, 4.69) is 15.3 Å². The summed E-state index contributed by atoms with van der Waals surface area (Å²) in [6, 6.07) is 3.77. The molecule has 0 aliphatic heterocycles. The van der Waals surface area contributed by atoms with Crippen molar-refractivity contribution in [3.8, 4) is 11.4 Å². The fourth-order valence-corrected chi connectivity index (χ4v) is 1.53. The lowest BCUT2D eigenvalue weighted by molar-refractivity contribution is -0.115. The summed E-state index contributed by atoms with van der Waals surface area (Å²) in [7, 11) is 1.87. The van der Waals surface area contributed by atoms with E-state index >= 15 is 0 Å². The molecular formula is C12H14N4O. The minimum absolute atomic E-state index is 0.0192. The molecule has 0 bridgehead atoms. The standard InChI is InChI=1S/C12H14N4O/c1-3-11(17)15-10-8-14-12(16(10)2)9-4-6-13-7-5-9/h4-8H,3H2,1-2H3,(H,15,17). The van der Waals surface area contributed by atoms with E-state index in [0.29, 0.717) is 12.2 Å². The fourth-order valence-electron chi connectivity index (χ4n) is 1.53. The second-order valence-corrected chi connectivity index (χ2v) is 3.66. The number of aromatic nitrogens is 3. The number of carbonyl (C=O) groups excluding carboxylic acids is 1. The molecule has 0 unspecified atom stereocenters. The van der Waals surface area contributed by atoms with Crippen LogP contribution in [-0.4, -0.2) is 20.4 Å². The van der Waals surface area contributed by atoms with Crippen LogP contribution in [0.1, 0.15) is 13.3 Å². The van der Waals surface area contributed by atoms with Crippen molar-refractivity contribution in [3.63, 3.8) is 0 Å². The Morgan fingerprint density at radius 3 is 2.76 bits per heavy atom. The molecule has 1 amide bonds. The van der Waals surface area contributed by atoms with Crippen LogP contribution in [0.5, 0.6) is 0 Å². The first-order chi connectivity index (χ1) is 8.22. The maximum Gasteiger partial charge on any atom is 0.225 e. The molecule has 2 heterocycles. The molecule has 88 valence electrons. The number of nitrogens with zero attached hydrogens (tertiary/aromatic N) is 3. The SMILES string of the molecule is CCC(=O)Nc1cnc(-c2ccncc2)n1C. The summed E-state index contributed by atoms with van der Waals surface area (Å²) in [5, 5.41) is 2.80. The van der Waals surface area contributed by atoms with Gasteiger partial charge in [0.1, 0.15) is 11.6 Å². The number of hydrogen-bond acceptors (Lipinski definition) is 3. The van der Waals surface area contributed by atoms with Crippen LogP contribution in [0.2, 0.25) is 0 Å². The highest BCUT2D eigenvalue weighted by Crippen LogP contribution is 2.20. The van der Waals surface area contributed by atoms with E-state index in [0.717, 1.165) is 11.4 Å². The zero-order valence-electron chi connectivity index (χ0n) is 9.84. The van der Waals surface area contributed by atoms with Gasteiger partial charge in [0.15, 0.2) is 0 Å². The summed E-state index contributed by atoms with van der Waals surface area (Å²) in [6.45, 7) is 1.81. The Bertz CT molecular complexity index is 519. The smallest absolute Gasteiger partial charge is 0.225 e. The second kappa shape index (κ2) is 4.78. The molecule has 17 heavy (non-hydrogen) atoms. The molecule has 0 aliphatic carbocycles. The molecule has 0 atom stereocenters. The lowest BCUT2D eigenvalue weighted by Crippen LogP contribution is -2.12. The van der Waals surface area contributed by atoms with Crippen LogP contribution >= 0.6 is 0 Å². The molecule has 0 radical (unpaired) electrons. The first kappa shape index (κ1) is 11.3. The third-order valence-corrected chi connectivity index (χ3v) is 2.52. The Kier molecular flexibility index (Phi) is 3.18. The van der Waals surface area contributed by atoms with Crippen LogP contribution in [0.15, 0.2) is 30.7 Å². The van der Waals surface area contributed by atoms with E-state index in [1.165, 1.54) is 0 Å². The van der Waals surface area contributed by atoms with Gasteiger partial charge in [-0.2, -0.15) is 0 Å². The van der Waals surface area contributed by atoms with Gasteiger partial charge in [-0.3, -0.25) is 9.78 Å². The molecule has 0 spiro atoms. The van der Waals surface area contributed by atoms with Crippen LogP contribution in [0.25, 0.3) is 11.4 Å². The monoisotopic (exact) mass is 230 g/mol. The molecule has 5 nitrogen and oxygen atoms in total. The van der Waals surface area contributed by atoms with Gasteiger partial charge >= 0.3 is 0 Å². The van der Waals surface area contributed by atoms with Gasteiger partial charge in [0.2, 0.25) is 5.91 Å². The fraction of sp³-hybridized carbons (Fsp3) is 0.250. The van der Waals surface area contributed by atoms with Crippen LogP contribution in [0.4, 0.5) is 5.82 Å². The molecule has 2 rings (SSSR count). The minimum Gasteiger partial charge on any atom is -0.314 e. The third kappa shape index (κ3) is 2.33. The first-order valence-electron chi connectivity index (χ1n) is 5.44. The molecule has 2 aromatic rings. The highest BCUT2D eigenvalue weighted by atomic mass is 16.1. The zero-order chi connectivity index (χ0) is 12.3. The summed E-state index contributed by atoms with van der Waals surface area (Å²) >= 11 is 0. The number of rotatable bonds is 3. The van der Waals surface area contributed by atoms with Crippen molar-refractivity contribution in [3.05, 3.63) is 30.7 Å². The van der Waals surface area contributed by atoms with Gasteiger partial charge in [-0.15, -0.1) is 0 Å². The Morgan fingerprint density at radius 2 is 2.12 bits per heavy atom. The third-order valence-electron chi connectivity index (χ3n) is 2.52. The topological polar surface area (TPSA) is 59.8 Å². The Balaban J connectivity index is 2.30. The van der Waals surface area contributed by atoms with Crippen LogP contribution < -0.4 is 5.32 Å². The molecule has 0 aromatic carbocycles. The van der Waals surface area contributed by atoms with Gasteiger partial charge < -0.3 is 9.88 Å². The summed E-state index contributed by atoms with van der Waals surface area (Å²) in [5.41, 5.74) is 0.972.